The van der Waals surface area contributed by atoms with Crippen molar-refractivity contribution in [1.29, 1.82) is 0 Å². The molecule has 1 saturated heterocycles. The molecule has 0 aromatic rings. The highest BCUT2D eigenvalue weighted by Crippen LogP contribution is 2.60. The van der Waals surface area contributed by atoms with Crippen LogP contribution in [0.5, 0.6) is 0 Å². The number of nitrogens with one attached hydrogen (secondary N) is 2. The standard InChI is InChI=1S/C27H46N2O/c1-2-5-20(6-3-1)28-24-14-10-18-9-13-23-25(29-21-7-4-16-30-17-21)15-11-19-8-12-22(24)26(18)27(19)23/h18-29H,1-17H2. The molecule has 0 aromatic carbocycles. The molecule has 6 fully saturated rings. The Kier molecular flexibility index (Phi) is 6.16. The van der Waals surface area contributed by atoms with E-state index in [0.29, 0.717) is 6.04 Å². The highest BCUT2D eigenvalue weighted by atomic mass is 16.5. The minimum absolute atomic E-state index is 0.629. The van der Waals surface area contributed by atoms with Crippen LogP contribution >= 0.6 is 0 Å². The maximum Gasteiger partial charge on any atom is 0.0619 e. The van der Waals surface area contributed by atoms with Gasteiger partial charge in [-0.15, -0.1) is 0 Å². The molecule has 2 N–H and O–H groups in total. The first-order valence-corrected chi connectivity index (χ1v) is 14.0. The maximum absolute atomic E-state index is 5.81. The molecule has 3 heteroatoms. The fourth-order valence-electron chi connectivity index (χ4n) is 9.47. The van der Waals surface area contributed by atoms with E-state index < -0.39 is 0 Å². The van der Waals surface area contributed by atoms with Gasteiger partial charge in [0, 0.05) is 30.8 Å². The number of rotatable bonds is 4. The molecule has 0 bridgehead atoms. The molecular formula is C27H46N2O. The molecule has 1 aliphatic heterocycles. The van der Waals surface area contributed by atoms with Crippen molar-refractivity contribution in [2.24, 2.45) is 35.5 Å². The molecule has 0 spiro atoms. The van der Waals surface area contributed by atoms with Crippen LogP contribution in [0.15, 0.2) is 0 Å². The molecule has 6 rings (SSSR count). The third kappa shape index (κ3) is 3.90. The van der Waals surface area contributed by atoms with Crippen molar-refractivity contribution in [2.45, 2.75) is 120 Å². The predicted octanol–water partition coefficient (Wildman–Crippen LogP) is 5.29. The Balaban J connectivity index is 1.17. The van der Waals surface area contributed by atoms with Crippen LogP contribution in [0.25, 0.3) is 0 Å². The maximum atomic E-state index is 5.81. The average molecular weight is 415 g/mol. The Morgan fingerprint density at radius 2 is 1.07 bits per heavy atom. The monoisotopic (exact) mass is 414 g/mol. The van der Waals surface area contributed by atoms with Crippen LogP contribution in [0, 0.1) is 35.5 Å². The molecular weight excluding hydrogens is 368 g/mol. The van der Waals surface area contributed by atoms with Crippen LogP contribution in [0.2, 0.25) is 0 Å². The third-order valence-corrected chi connectivity index (χ3v) is 10.7. The molecule has 0 aromatic heterocycles. The molecule has 5 aliphatic carbocycles. The van der Waals surface area contributed by atoms with Crippen molar-refractivity contribution in [3.8, 4) is 0 Å². The zero-order chi connectivity index (χ0) is 19.9. The van der Waals surface area contributed by atoms with Gasteiger partial charge in [-0.3, -0.25) is 0 Å². The van der Waals surface area contributed by atoms with Gasteiger partial charge in [0.25, 0.3) is 0 Å². The summed E-state index contributed by atoms with van der Waals surface area (Å²) in [5, 5.41) is 8.41. The molecule has 3 nitrogen and oxygen atoms in total. The Labute approximate surface area is 184 Å². The second-order valence-electron chi connectivity index (χ2n) is 12.1. The van der Waals surface area contributed by atoms with Gasteiger partial charge in [0.15, 0.2) is 0 Å². The number of ether oxygens (including phenoxy) is 1. The molecule has 9 unspecified atom stereocenters. The van der Waals surface area contributed by atoms with E-state index in [1.54, 1.807) is 0 Å². The second kappa shape index (κ2) is 9.02. The summed E-state index contributed by atoms with van der Waals surface area (Å²) in [5.74, 6) is 6.14. The summed E-state index contributed by atoms with van der Waals surface area (Å²) < 4.78 is 5.81. The van der Waals surface area contributed by atoms with E-state index in [0.717, 1.165) is 66.8 Å². The third-order valence-electron chi connectivity index (χ3n) is 10.7. The topological polar surface area (TPSA) is 33.3 Å². The number of hydrogen-bond donors (Lipinski definition) is 2. The van der Waals surface area contributed by atoms with Gasteiger partial charge in [0.1, 0.15) is 0 Å². The quantitative estimate of drug-likeness (QED) is 0.656. The molecule has 0 radical (unpaired) electrons. The molecule has 0 amide bonds. The first kappa shape index (κ1) is 20.5. The van der Waals surface area contributed by atoms with E-state index in [9.17, 15) is 0 Å². The molecule has 9 atom stereocenters. The van der Waals surface area contributed by atoms with E-state index in [-0.39, 0.29) is 0 Å². The first-order valence-electron chi connectivity index (χ1n) is 14.0. The molecule has 170 valence electrons. The zero-order valence-corrected chi connectivity index (χ0v) is 19.2. The average Bonchev–Trinajstić information content (AvgIpc) is 2.81. The lowest BCUT2D eigenvalue weighted by Gasteiger charge is -2.61. The summed E-state index contributed by atoms with van der Waals surface area (Å²) in [7, 11) is 0. The zero-order valence-electron chi connectivity index (χ0n) is 19.2. The fraction of sp³-hybridized carbons (Fsp3) is 1.00. The fourth-order valence-corrected chi connectivity index (χ4v) is 9.47. The van der Waals surface area contributed by atoms with E-state index in [2.05, 4.69) is 10.6 Å². The Morgan fingerprint density at radius 3 is 1.67 bits per heavy atom. The highest BCUT2D eigenvalue weighted by Gasteiger charge is 2.55. The lowest BCUT2D eigenvalue weighted by Crippen LogP contribution is -2.61. The van der Waals surface area contributed by atoms with E-state index in [4.69, 9.17) is 4.74 Å². The van der Waals surface area contributed by atoms with Gasteiger partial charge in [-0.2, -0.15) is 0 Å². The Morgan fingerprint density at radius 1 is 0.500 bits per heavy atom. The smallest absolute Gasteiger partial charge is 0.0619 e. The van der Waals surface area contributed by atoms with Gasteiger partial charge >= 0.3 is 0 Å². The van der Waals surface area contributed by atoms with Crippen molar-refractivity contribution in [2.75, 3.05) is 13.2 Å². The van der Waals surface area contributed by atoms with Crippen LogP contribution < -0.4 is 10.6 Å². The van der Waals surface area contributed by atoms with E-state index in [1.807, 2.05) is 0 Å². The Bertz CT molecular complexity index is 519. The van der Waals surface area contributed by atoms with Crippen LogP contribution in [0.1, 0.15) is 96.3 Å². The van der Waals surface area contributed by atoms with Crippen molar-refractivity contribution in [3.05, 3.63) is 0 Å². The SMILES string of the molecule is C1CCC(NC2CCC3CCC4C(NC5CCCOC5)CCC5CCC2C3C54)CC1. The predicted molar refractivity (Wildman–Crippen MR) is 122 cm³/mol. The summed E-state index contributed by atoms with van der Waals surface area (Å²) in [5.41, 5.74) is 0. The molecule has 5 saturated carbocycles. The summed E-state index contributed by atoms with van der Waals surface area (Å²) in [6, 6.07) is 3.09. The van der Waals surface area contributed by atoms with Gasteiger partial charge in [-0.25, -0.2) is 0 Å². The van der Waals surface area contributed by atoms with Crippen LogP contribution in [-0.4, -0.2) is 37.4 Å². The molecule has 6 aliphatic rings. The Hall–Kier alpha value is -0.120. The minimum Gasteiger partial charge on any atom is -0.380 e. The molecule has 30 heavy (non-hydrogen) atoms. The van der Waals surface area contributed by atoms with Crippen molar-refractivity contribution >= 4 is 0 Å². The van der Waals surface area contributed by atoms with Crippen molar-refractivity contribution in [3.63, 3.8) is 0 Å². The van der Waals surface area contributed by atoms with Gasteiger partial charge in [-0.05, 0) is 113 Å². The lowest BCUT2D eigenvalue weighted by atomic mass is 9.46. The highest BCUT2D eigenvalue weighted by molar-refractivity contribution is 5.07. The van der Waals surface area contributed by atoms with Gasteiger partial charge < -0.3 is 15.4 Å². The summed E-state index contributed by atoms with van der Waals surface area (Å²) in [6.45, 7) is 1.94. The van der Waals surface area contributed by atoms with Crippen LogP contribution in [0.3, 0.4) is 0 Å². The molecule has 1 heterocycles. The minimum atomic E-state index is 0.629. The largest absolute Gasteiger partial charge is 0.380 e. The summed E-state index contributed by atoms with van der Waals surface area (Å²) in [6.07, 6.45) is 21.9. The lowest BCUT2D eigenvalue weighted by molar-refractivity contribution is -0.101. The van der Waals surface area contributed by atoms with Gasteiger partial charge in [0.05, 0.1) is 6.61 Å². The van der Waals surface area contributed by atoms with Crippen molar-refractivity contribution < 1.29 is 4.74 Å². The van der Waals surface area contributed by atoms with Gasteiger partial charge in [-0.1, -0.05) is 19.3 Å². The summed E-state index contributed by atoms with van der Waals surface area (Å²) in [4.78, 5) is 0. The van der Waals surface area contributed by atoms with Gasteiger partial charge in [0.2, 0.25) is 0 Å². The van der Waals surface area contributed by atoms with Crippen molar-refractivity contribution in [1.82, 2.24) is 10.6 Å². The van der Waals surface area contributed by atoms with Crippen LogP contribution in [0.4, 0.5) is 0 Å². The van der Waals surface area contributed by atoms with E-state index >= 15 is 0 Å². The number of hydrogen-bond acceptors (Lipinski definition) is 3. The second-order valence-corrected chi connectivity index (χ2v) is 12.1. The first-order chi connectivity index (χ1) is 14.9. The normalized spacial score (nSPS) is 49.4. The van der Waals surface area contributed by atoms with E-state index in [1.165, 1.54) is 96.3 Å². The summed E-state index contributed by atoms with van der Waals surface area (Å²) >= 11 is 0. The van der Waals surface area contributed by atoms with Crippen LogP contribution in [-0.2, 0) is 4.74 Å².